The predicted molar refractivity (Wildman–Crippen MR) is 114 cm³/mol. The van der Waals surface area contributed by atoms with Gasteiger partial charge in [-0.05, 0) is 55.2 Å². The van der Waals surface area contributed by atoms with E-state index in [1.165, 1.54) is 17.0 Å². The van der Waals surface area contributed by atoms with E-state index in [0.717, 1.165) is 24.0 Å². The molecule has 0 saturated carbocycles. The zero-order valence-corrected chi connectivity index (χ0v) is 17.7. The molecular weight excluding hydrogens is 407 g/mol. The Balaban J connectivity index is 1.71. The first-order chi connectivity index (χ1) is 14.4. The van der Waals surface area contributed by atoms with Crippen molar-refractivity contribution >= 4 is 23.4 Å². The summed E-state index contributed by atoms with van der Waals surface area (Å²) in [6.45, 7) is 3.06. The van der Waals surface area contributed by atoms with Crippen molar-refractivity contribution in [2.45, 2.75) is 44.9 Å². The second-order valence-electron chi connectivity index (χ2n) is 7.51. The molecule has 7 heteroatoms. The predicted octanol–water partition coefficient (Wildman–Crippen LogP) is 3.73. The van der Waals surface area contributed by atoms with Crippen LogP contribution < -0.4 is 5.32 Å². The van der Waals surface area contributed by atoms with E-state index in [9.17, 15) is 14.0 Å². The Morgan fingerprint density at radius 1 is 1.17 bits per heavy atom. The number of benzene rings is 2. The van der Waals surface area contributed by atoms with Crippen LogP contribution in [0.2, 0.25) is 5.02 Å². The van der Waals surface area contributed by atoms with Crippen LogP contribution in [0.25, 0.3) is 0 Å². The monoisotopic (exact) mass is 432 g/mol. The van der Waals surface area contributed by atoms with Crippen molar-refractivity contribution in [3.8, 4) is 0 Å². The largest absolute Gasteiger partial charge is 0.376 e. The minimum atomic E-state index is -0.684. The molecule has 5 nitrogen and oxygen atoms in total. The molecule has 1 heterocycles. The summed E-state index contributed by atoms with van der Waals surface area (Å²) in [5, 5.41) is 3.48. The van der Waals surface area contributed by atoms with Crippen LogP contribution in [0.1, 0.15) is 30.9 Å². The molecule has 1 fully saturated rings. The summed E-state index contributed by atoms with van der Waals surface area (Å²) in [7, 11) is 0. The summed E-state index contributed by atoms with van der Waals surface area (Å²) in [6, 6.07) is 12.3. The summed E-state index contributed by atoms with van der Waals surface area (Å²) >= 11 is 5.92. The number of nitrogens with zero attached hydrogens (tertiary/aromatic N) is 1. The number of carbonyl (C=O) groups is 2. The van der Waals surface area contributed by atoms with Crippen molar-refractivity contribution < 1.29 is 18.7 Å². The van der Waals surface area contributed by atoms with E-state index in [2.05, 4.69) is 5.32 Å². The molecule has 0 bridgehead atoms. The molecule has 30 heavy (non-hydrogen) atoms. The zero-order chi connectivity index (χ0) is 21.5. The lowest BCUT2D eigenvalue weighted by Crippen LogP contribution is -2.49. The molecule has 0 radical (unpaired) electrons. The number of ether oxygens (including phenoxy) is 1. The first-order valence-corrected chi connectivity index (χ1v) is 10.5. The average molecular weight is 433 g/mol. The Hall–Kier alpha value is -2.44. The van der Waals surface area contributed by atoms with Gasteiger partial charge in [-0.25, -0.2) is 4.39 Å². The molecule has 1 N–H and O–H groups in total. The Kier molecular flexibility index (Phi) is 7.82. The molecule has 2 aromatic rings. The van der Waals surface area contributed by atoms with Crippen molar-refractivity contribution in [1.82, 2.24) is 10.2 Å². The van der Waals surface area contributed by atoms with Crippen LogP contribution in [-0.2, 0) is 27.3 Å². The lowest BCUT2D eigenvalue weighted by molar-refractivity contribution is -0.140. The fourth-order valence-corrected chi connectivity index (χ4v) is 3.54. The summed E-state index contributed by atoms with van der Waals surface area (Å²) in [5.74, 6) is -0.779. The molecule has 3 rings (SSSR count). The van der Waals surface area contributed by atoms with Crippen LogP contribution in [0.15, 0.2) is 48.5 Å². The lowest BCUT2D eigenvalue weighted by Gasteiger charge is -2.29. The highest BCUT2D eigenvalue weighted by Crippen LogP contribution is 2.16. The fraction of sp³-hybridized carbons (Fsp3) is 0.391. The van der Waals surface area contributed by atoms with Crippen LogP contribution in [0.4, 0.5) is 4.39 Å². The second-order valence-corrected chi connectivity index (χ2v) is 7.94. The second kappa shape index (κ2) is 10.5. The van der Waals surface area contributed by atoms with Gasteiger partial charge in [0, 0.05) is 24.7 Å². The summed E-state index contributed by atoms with van der Waals surface area (Å²) in [5.41, 5.74) is 1.56. The van der Waals surface area contributed by atoms with E-state index in [-0.39, 0.29) is 36.7 Å². The van der Waals surface area contributed by atoms with E-state index in [0.29, 0.717) is 18.2 Å². The SMILES string of the molecule is C[C@H](C(=O)NC[C@@H]1CCCO1)N(Cc1ccc(F)cc1)C(=O)Cc1ccc(Cl)cc1. The van der Waals surface area contributed by atoms with E-state index in [4.69, 9.17) is 16.3 Å². The van der Waals surface area contributed by atoms with Gasteiger partial charge in [-0.2, -0.15) is 0 Å². The highest BCUT2D eigenvalue weighted by atomic mass is 35.5. The molecule has 2 amide bonds. The quantitative estimate of drug-likeness (QED) is 0.691. The molecule has 0 unspecified atom stereocenters. The normalized spacial score (nSPS) is 16.8. The number of hydrogen-bond donors (Lipinski definition) is 1. The number of rotatable bonds is 8. The smallest absolute Gasteiger partial charge is 0.242 e. The highest BCUT2D eigenvalue weighted by Gasteiger charge is 2.27. The first kappa shape index (κ1) is 22.2. The molecule has 0 aromatic heterocycles. The van der Waals surface area contributed by atoms with Crippen LogP contribution in [0.3, 0.4) is 0 Å². The van der Waals surface area contributed by atoms with Crippen LogP contribution in [0, 0.1) is 5.82 Å². The van der Waals surface area contributed by atoms with Gasteiger partial charge in [-0.1, -0.05) is 35.9 Å². The van der Waals surface area contributed by atoms with Crippen molar-refractivity contribution in [1.29, 1.82) is 0 Å². The van der Waals surface area contributed by atoms with Gasteiger partial charge < -0.3 is 15.0 Å². The molecule has 1 aliphatic heterocycles. The Labute approximate surface area is 181 Å². The molecule has 2 atom stereocenters. The van der Waals surface area contributed by atoms with Crippen LogP contribution in [-0.4, -0.2) is 42.0 Å². The van der Waals surface area contributed by atoms with Gasteiger partial charge >= 0.3 is 0 Å². The molecular formula is C23H26ClFN2O3. The van der Waals surface area contributed by atoms with Gasteiger partial charge in [0.05, 0.1) is 12.5 Å². The molecule has 2 aromatic carbocycles. The standard InChI is InChI=1S/C23H26ClFN2O3/c1-16(23(29)26-14-21-3-2-12-30-21)27(15-18-6-10-20(25)11-7-18)22(28)13-17-4-8-19(24)9-5-17/h4-11,16,21H,2-3,12-15H2,1H3,(H,26,29)/t16-,21+/m1/s1. The van der Waals surface area contributed by atoms with Crippen molar-refractivity contribution in [3.63, 3.8) is 0 Å². The summed E-state index contributed by atoms with van der Waals surface area (Å²) in [6.07, 6.45) is 2.08. The molecule has 0 spiro atoms. The van der Waals surface area contributed by atoms with Gasteiger partial charge in [0.15, 0.2) is 0 Å². The molecule has 1 aliphatic rings. The van der Waals surface area contributed by atoms with Gasteiger partial charge in [-0.3, -0.25) is 9.59 Å². The number of nitrogens with one attached hydrogen (secondary N) is 1. The maximum absolute atomic E-state index is 13.3. The van der Waals surface area contributed by atoms with Gasteiger partial charge in [0.25, 0.3) is 0 Å². The Morgan fingerprint density at radius 3 is 2.47 bits per heavy atom. The van der Waals surface area contributed by atoms with Gasteiger partial charge in [-0.15, -0.1) is 0 Å². The van der Waals surface area contributed by atoms with E-state index >= 15 is 0 Å². The Morgan fingerprint density at radius 2 is 1.83 bits per heavy atom. The average Bonchev–Trinajstić information content (AvgIpc) is 3.26. The van der Waals surface area contributed by atoms with E-state index in [1.54, 1.807) is 43.3 Å². The lowest BCUT2D eigenvalue weighted by atomic mass is 10.1. The van der Waals surface area contributed by atoms with Crippen LogP contribution >= 0.6 is 11.6 Å². The minimum Gasteiger partial charge on any atom is -0.376 e. The van der Waals surface area contributed by atoms with Gasteiger partial charge in [0.1, 0.15) is 11.9 Å². The van der Waals surface area contributed by atoms with Crippen LogP contribution in [0.5, 0.6) is 0 Å². The van der Waals surface area contributed by atoms with Gasteiger partial charge in [0.2, 0.25) is 11.8 Å². The highest BCUT2D eigenvalue weighted by molar-refractivity contribution is 6.30. The third kappa shape index (κ3) is 6.28. The maximum Gasteiger partial charge on any atom is 0.242 e. The van der Waals surface area contributed by atoms with Crippen molar-refractivity contribution in [2.75, 3.05) is 13.2 Å². The van der Waals surface area contributed by atoms with E-state index < -0.39 is 6.04 Å². The molecule has 0 aliphatic carbocycles. The maximum atomic E-state index is 13.3. The van der Waals surface area contributed by atoms with Crippen molar-refractivity contribution in [2.24, 2.45) is 0 Å². The molecule has 1 saturated heterocycles. The Bertz CT molecular complexity index is 852. The van der Waals surface area contributed by atoms with Crippen molar-refractivity contribution in [3.05, 3.63) is 70.5 Å². The number of hydrogen-bond acceptors (Lipinski definition) is 3. The fourth-order valence-electron chi connectivity index (χ4n) is 3.42. The van der Waals surface area contributed by atoms with E-state index in [1.807, 2.05) is 0 Å². The molecule has 160 valence electrons. The third-order valence-electron chi connectivity index (χ3n) is 5.23. The number of carbonyl (C=O) groups excluding carboxylic acids is 2. The summed E-state index contributed by atoms with van der Waals surface area (Å²) in [4.78, 5) is 27.4. The first-order valence-electron chi connectivity index (χ1n) is 10.1. The number of amides is 2. The number of halogens is 2. The third-order valence-corrected chi connectivity index (χ3v) is 5.48. The minimum absolute atomic E-state index is 0.0245. The topological polar surface area (TPSA) is 58.6 Å². The zero-order valence-electron chi connectivity index (χ0n) is 16.9. The summed E-state index contributed by atoms with van der Waals surface area (Å²) < 4.78 is 18.8.